The van der Waals surface area contributed by atoms with Gasteiger partial charge in [-0.3, -0.25) is 4.79 Å². The summed E-state index contributed by atoms with van der Waals surface area (Å²) in [7, 11) is 3.68. The molecule has 1 unspecified atom stereocenters. The van der Waals surface area contributed by atoms with Crippen LogP contribution in [0.25, 0.3) is 22.0 Å². The number of hydrogen-bond acceptors (Lipinski definition) is 3. The first-order chi connectivity index (χ1) is 16.3. The van der Waals surface area contributed by atoms with Crippen molar-refractivity contribution in [2.24, 2.45) is 19.8 Å². The van der Waals surface area contributed by atoms with Crippen LogP contribution in [0.3, 0.4) is 0 Å². The summed E-state index contributed by atoms with van der Waals surface area (Å²) in [6.07, 6.45) is 3.49. The molecule has 5 aromatic rings. The molecule has 0 amide bonds. The van der Waals surface area contributed by atoms with Crippen LogP contribution in [0.1, 0.15) is 16.8 Å². The third-order valence-electron chi connectivity index (χ3n) is 6.34. The molecule has 0 aliphatic carbocycles. The lowest BCUT2D eigenvalue weighted by atomic mass is 9.80. The molecule has 170 valence electrons. The van der Waals surface area contributed by atoms with Gasteiger partial charge < -0.3 is 14.9 Å². The first-order valence-electron chi connectivity index (χ1n) is 10.7. The van der Waals surface area contributed by atoms with Crippen LogP contribution in [0.15, 0.2) is 90.1 Å². The van der Waals surface area contributed by atoms with Crippen LogP contribution in [0.4, 0.5) is 0 Å². The van der Waals surface area contributed by atoms with E-state index in [9.17, 15) is 4.79 Å². The van der Waals surface area contributed by atoms with Gasteiger partial charge in [-0.15, -0.1) is 0 Å². The number of nitrogens with zero attached hydrogens (tertiary/aromatic N) is 3. The Labute approximate surface area is 207 Å². The molecule has 0 aliphatic heterocycles. The van der Waals surface area contributed by atoms with Crippen LogP contribution in [0, 0.1) is 0 Å². The lowest BCUT2D eigenvalue weighted by molar-refractivity contribution is 0.596. The van der Waals surface area contributed by atoms with Crippen molar-refractivity contribution in [1.29, 1.82) is 0 Å². The number of nitrogens with two attached hydrogens (primary N) is 1. The molecule has 0 aliphatic rings. The highest BCUT2D eigenvalue weighted by atomic mass is 35.5. The van der Waals surface area contributed by atoms with Gasteiger partial charge in [0.15, 0.2) is 0 Å². The predicted molar refractivity (Wildman–Crippen MR) is 138 cm³/mol. The van der Waals surface area contributed by atoms with Crippen LogP contribution in [0.2, 0.25) is 10.0 Å². The highest BCUT2D eigenvalue weighted by Crippen LogP contribution is 2.38. The number of fused-ring (bicyclic) bond motifs is 1. The molecule has 0 spiro atoms. The normalized spacial score (nSPS) is 13.2. The first-order valence-corrected chi connectivity index (χ1v) is 11.5. The quantitative estimate of drug-likeness (QED) is 0.363. The van der Waals surface area contributed by atoms with E-state index in [1.165, 1.54) is 0 Å². The standard InChI is InChI=1S/C27H22Cl2N4O/c1-32-16-31-15-25(32)27(30,18-6-4-8-21(29)12-18)19-9-10-24-23(13-19)22(14-26(34)33(24)2)17-5-3-7-20(28)11-17/h3-16H,30H2,1-2H3. The smallest absolute Gasteiger partial charge is 0.251 e. The van der Waals surface area contributed by atoms with Gasteiger partial charge in [0.05, 0.1) is 23.7 Å². The first kappa shape index (κ1) is 22.4. The maximum atomic E-state index is 12.8. The molecule has 5 rings (SSSR count). The van der Waals surface area contributed by atoms with Crippen molar-refractivity contribution < 1.29 is 0 Å². The van der Waals surface area contributed by atoms with E-state index in [-0.39, 0.29) is 5.56 Å². The van der Waals surface area contributed by atoms with Crippen molar-refractivity contribution in [3.05, 3.63) is 123 Å². The summed E-state index contributed by atoms with van der Waals surface area (Å²) in [5.41, 5.74) is 11.0. The number of halogens is 2. The molecule has 2 heterocycles. The van der Waals surface area contributed by atoms with E-state index in [0.29, 0.717) is 10.0 Å². The SMILES string of the molecule is Cn1cncc1C(N)(c1cccc(Cl)c1)c1ccc2c(c1)c(-c1cccc(Cl)c1)cc(=O)n2C. The minimum Gasteiger partial charge on any atom is -0.336 e. The minimum absolute atomic E-state index is 0.101. The van der Waals surface area contributed by atoms with Crippen LogP contribution in [-0.2, 0) is 19.6 Å². The molecule has 0 saturated heterocycles. The van der Waals surface area contributed by atoms with Gasteiger partial charge in [-0.05, 0) is 58.7 Å². The summed E-state index contributed by atoms with van der Waals surface area (Å²) in [5.74, 6) is 0. The Bertz CT molecular complexity index is 1600. The Balaban J connectivity index is 1.85. The Kier molecular flexibility index (Phi) is 5.56. The van der Waals surface area contributed by atoms with Crippen molar-refractivity contribution in [2.45, 2.75) is 5.54 Å². The predicted octanol–water partition coefficient (Wildman–Crippen LogP) is 5.50. The van der Waals surface area contributed by atoms with Gasteiger partial charge in [-0.1, -0.05) is 53.5 Å². The van der Waals surface area contributed by atoms with Gasteiger partial charge in [-0.2, -0.15) is 0 Å². The fraction of sp³-hybridized carbons (Fsp3) is 0.111. The molecule has 34 heavy (non-hydrogen) atoms. The highest BCUT2D eigenvalue weighted by Gasteiger charge is 2.35. The average molecular weight is 489 g/mol. The van der Waals surface area contributed by atoms with Gasteiger partial charge >= 0.3 is 0 Å². The third kappa shape index (κ3) is 3.62. The number of pyridine rings is 1. The molecule has 0 bridgehead atoms. The van der Waals surface area contributed by atoms with Crippen LogP contribution < -0.4 is 11.3 Å². The van der Waals surface area contributed by atoms with Crippen molar-refractivity contribution in [3.63, 3.8) is 0 Å². The van der Waals surface area contributed by atoms with Crippen LogP contribution in [0.5, 0.6) is 0 Å². The molecule has 3 aromatic carbocycles. The number of imidazole rings is 1. The summed E-state index contributed by atoms with van der Waals surface area (Å²) < 4.78 is 3.54. The number of benzene rings is 3. The van der Waals surface area contributed by atoms with Gasteiger partial charge in [0.25, 0.3) is 5.56 Å². The Hall–Kier alpha value is -3.38. The van der Waals surface area contributed by atoms with Crippen molar-refractivity contribution in [3.8, 4) is 11.1 Å². The Morgan fingerprint density at radius 2 is 1.59 bits per heavy atom. The van der Waals surface area contributed by atoms with E-state index in [4.69, 9.17) is 28.9 Å². The molecule has 5 nitrogen and oxygen atoms in total. The van der Waals surface area contributed by atoms with E-state index < -0.39 is 5.54 Å². The second-order valence-corrected chi connectivity index (χ2v) is 9.28. The van der Waals surface area contributed by atoms with Gasteiger partial charge in [0, 0.05) is 35.6 Å². The number of hydrogen-bond donors (Lipinski definition) is 1. The lowest BCUT2D eigenvalue weighted by Gasteiger charge is -2.32. The van der Waals surface area contributed by atoms with Gasteiger partial charge in [0.1, 0.15) is 5.54 Å². The van der Waals surface area contributed by atoms with Gasteiger partial charge in [-0.25, -0.2) is 4.98 Å². The molecule has 1 atom stereocenters. The van der Waals surface area contributed by atoms with E-state index in [0.717, 1.165) is 38.9 Å². The zero-order valence-corrected chi connectivity index (χ0v) is 20.2. The largest absolute Gasteiger partial charge is 0.336 e. The molecule has 0 fully saturated rings. The lowest BCUT2D eigenvalue weighted by Crippen LogP contribution is -2.41. The fourth-order valence-corrected chi connectivity index (χ4v) is 4.92. The zero-order chi connectivity index (χ0) is 24.0. The molecular formula is C27H22Cl2N4O. The molecule has 2 N–H and O–H groups in total. The molecule has 2 aromatic heterocycles. The zero-order valence-electron chi connectivity index (χ0n) is 18.7. The van der Waals surface area contributed by atoms with E-state index in [1.807, 2.05) is 78.3 Å². The van der Waals surface area contributed by atoms with E-state index >= 15 is 0 Å². The number of aromatic nitrogens is 3. The maximum absolute atomic E-state index is 12.8. The minimum atomic E-state index is -1.04. The Morgan fingerprint density at radius 3 is 2.26 bits per heavy atom. The average Bonchev–Trinajstić information content (AvgIpc) is 3.27. The second kappa shape index (κ2) is 8.44. The Morgan fingerprint density at radius 1 is 0.882 bits per heavy atom. The molecule has 0 saturated carbocycles. The fourth-order valence-electron chi connectivity index (χ4n) is 4.53. The molecular weight excluding hydrogens is 467 g/mol. The van der Waals surface area contributed by atoms with E-state index in [2.05, 4.69) is 4.98 Å². The summed E-state index contributed by atoms with van der Waals surface area (Å²) in [5, 5.41) is 2.09. The second-order valence-electron chi connectivity index (χ2n) is 8.41. The van der Waals surface area contributed by atoms with Gasteiger partial charge in [0.2, 0.25) is 0 Å². The monoisotopic (exact) mass is 488 g/mol. The summed E-state index contributed by atoms with van der Waals surface area (Å²) in [6.45, 7) is 0. The van der Waals surface area contributed by atoms with Crippen LogP contribution >= 0.6 is 23.2 Å². The summed E-state index contributed by atoms with van der Waals surface area (Å²) >= 11 is 12.6. The van der Waals surface area contributed by atoms with Crippen molar-refractivity contribution in [2.75, 3.05) is 0 Å². The molecule has 0 radical (unpaired) electrons. The topological polar surface area (TPSA) is 65.8 Å². The number of aryl methyl sites for hydroxylation is 2. The van der Waals surface area contributed by atoms with Crippen molar-refractivity contribution >= 4 is 34.1 Å². The summed E-state index contributed by atoms with van der Waals surface area (Å²) in [6, 6.07) is 22.6. The number of rotatable bonds is 4. The van der Waals surface area contributed by atoms with Crippen LogP contribution in [-0.4, -0.2) is 14.1 Å². The molecule has 7 heteroatoms. The summed E-state index contributed by atoms with van der Waals surface area (Å²) in [4.78, 5) is 17.1. The third-order valence-corrected chi connectivity index (χ3v) is 6.81. The highest BCUT2D eigenvalue weighted by molar-refractivity contribution is 6.31. The van der Waals surface area contributed by atoms with E-state index in [1.54, 1.807) is 30.2 Å². The van der Waals surface area contributed by atoms with Crippen molar-refractivity contribution in [1.82, 2.24) is 14.1 Å². The maximum Gasteiger partial charge on any atom is 0.251 e.